The fourth-order valence-corrected chi connectivity index (χ4v) is 2.80. The summed E-state index contributed by atoms with van der Waals surface area (Å²) in [5.41, 5.74) is 0.605. The van der Waals surface area contributed by atoms with Crippen molar-refractivity contribution in [2.75, 3.05) is 46.9 Å². The van der Waals surface area contributed by atoms with Crippen LogP contribution in [0.2, 0.25) is 0 Å². The van der Waals surface area contributed by atoms with Gasteiger partial charge in [0, 0.05) is 37.7 Å². The van der Waals surface area contributed by atoms with Gasteiger partial charge < -0.3 is 14.4 Å². The third-order valence-electron chi connectivity index (χ3n) is 4.25. The van der Waals surface area contributed by atoms with Crippen molar-refractivity contribution in [3.63, 3.8) is 0 Å². The molecule has 0 aromatic heterocycles. The Morgan fingerprint density at radius 1 is 1.04 bits per heavy atom. The third kappa shape index (κ3) is 4.26. The van der Waals surface area contributed by atoms with Crippen LogP contribution < -0.4 is 9.47 Å². The second kappa shape index (κ2) is 8.15. The van der Waals surface area contributed by atoms with E-state index >= 15 is 0 Å². The summed E-state index contributed by atoms with van der Waals surface area (Å²) >= 11 is 0. The number of nitrogens with zero attached hydrogens (tertiary/aromatic N) is 2. The highest BCUT2D eigenvalue weighted by atomic mass is 16.5. The largest absolute Gasteiger partial charge is 0.493 e. The van der Waals surface area contributed by atoms with Crippen LogP contribution in [0.25, 0.3) is 0 Å². The topological polar surface area (TPSA) is 59.1 Å². The van der Waals surface area contributed by atoms with Crippen LogP contribution in [0.4, 0.5) is 0 Å². The van der Waals surface area contributed by atoms with Gasteiger partial charge in [-0.3, -0.25) is 14.5 Å². The fraction of sp³-hybridized carbons (Fsp3) is 0.556. The quantitative estimate of drug-likeness (QED) is 0.741. The van der Waals surface area contributed by atoms with E-state index in [0.29, 0.717) is 36.7 Å². The standard InChI is InChI=1S/C18H26N2O4/c1-13(2)18(22)20-9-7-19(8-10-20)12-15(21)14-5-6-16(23-3)17(11-14)24-4/h5-6,11,13H,7-10,12H2,1-4H3. The van der Waals surface area contributed by atoms with Gasteiger partial charge in [-0.05, 0) is 18.2 Å². The predicted octanol–water partition coefficient (Wildman–Crippen LogP) is 1.69. The highest BCUT2D eigenvalue weighted by Crippen LogP contribution is 2.27. The molecule has 6 nitrogen and oxygen atoms in total. The maximum Gasteiger partial charge on any atom is 0.225 e. The lowest BCUT2D eigenvalue weighted by molar-refractivity contribution is -0.136. The van der Waals surface area contributed by atoms with Gasteiger partial charge >= 0.3 is 0 Å². The SMILES string of the molecule is COc1ccc(C(=O)CN2CCN(C(=O)C(C)C)CC2)cc1OC. The molecule has 0 radical (unpaired) electrons. The van der Waals surface area contributed by atoms with E-state index in [1.807, 2.05) is 18.7 Å². The lowest BCUT2D eigenvalue weighted by Crippen LogP contribution is -2.50. The van der Waals surface area contributed by atoms with Gasteiger partial charge in [0.1, 0.15) is 0 Å². The van der Waals surface area contributed by atoms with Crippen LogP contribution in [-0.2, 0) is 4.79 Å². The smallest absolute Gasteiger partial charge is 0.225 e. The summed E-state index contributed by atoms with van der Waals surface area (Å²) in [6, 6.07) is 5.20. The first-order valence-electron chi connectivity index (χ1n) is 8.22. The van der Waals surface area contributed by atoms with E-state index in [0.717, 1.165) is 13.1 Å². The lowest BCUT2D eigenvalue weighted by Gasteiger charge is -2.35. The first-order chi connectivity index (χ1) is 11.5. The minimum Gasteiger partial charge on any atom is -0.493 e. The van der Waals surface area contributed by atoms with Crippen molar-refractivity contribution in [1.82, 2.24) is 9.80 Å². The number of carbonyl (C=O) groups is 2. The van der Waals surface area contributed by atoms with Gasteiger partial charge in [-0.15, -0.1) is 0 Å². The van der Waals surface area contributed by atoms with E-state index in [9.17, 15) is 9.59 Å². The number of Topliss-reactive ketones (excluding diaryl/α,β-unsaturated/α-hetero) is 1. The summed E-state index contributed by atoms with van der Waals surface area (Å²) in [4.78, 5) is 28.4. The predicted molar refractivity (Wildman–Crippen MR) is 91.7 cm³/mol. The van der Waals surface area contributed by atoms with Gasteiger partial charge in [0.15, 0.2) is 17.3 Å². The summed E-state index contributed by atoms with van der Waals surface area (Å²) < 4.78 is 10.4. The van der Waals surface area contributed by atoms with Crippen LogP contribution in [0.1, 0.15) is 24.2 Å². The Balaban J connectivity index is 1.93. The Labute approximate surface area is 143 Å². The molecule has 0 aliphatic carbocycles. The summed E-state index contributed by atoms with van der Waals surface area (Å²) in [6.45, 7) is 6.96. The van der Waals surface area contributed by atoms with Gasteiger partial charge in [-0.25, -0.2) is 0 Å². The summed E-state index contributed by atoms with van der Waals surface area (Å²) in [6.07, 6.45) is 0. The van der Waals surface area contributed by atoms with Crippen LogP contribution in [0.15, 0.2) is 18.2 Å². The molecule has 132 valence electrons. The molecule has 0 atom stereocenters. The summed E-state index contributed by atoms with van der Waals surface area (Å²) in [7, 11) is 3.12. The number of amides is 1. The molecule has 0 saturated carbocycles. The van der Waals surface area contributed by atoms with Crippen LogP contribution in [-0.4, -0.2) is 68.4 Å². The highest BCUT2D eigenvalue weighted by Gasteiger charge is 2.24. The lowest BCUT2D eigenvalue weighted by atomic mass is 10.1. The molecule has 1 heterocycles. The van der Waals surface area contributed by atoms with Crippen LogP contribution in [0, 0.1) is 5.92 Å². The molecule has 1 saturated heterocycles. The molecule has 6 heteroatoms. The molecule has 1 aromatic rings. The second-order valence-electron chi connectivity index (χ2n) is 6.25. The molecule has 1 fully saturated rings. The molecule has 1 aliphatic heterocycles. The Bertz CT molecular complexity index is 593. The molecular formula is C18H26N2O4. The van der Waals surface area contributed by atoms with Gasteiger partial charge in [-0.2, -0.15) is 0 Å². The Hall–Kier alpha value is -2.08. The van der Waals surface area contributed by atoms with E-state index in [4.69, 9.17) is 9.47 Å². The van der Waals surface area contributed by atoms with Gasteiger partial charge in [0.2, 0.25) is 5.91 Å². The summed E-state index contributed by atoms with van der Waals surface area (Å²) in [5, 5.41) is 0. The Kier molecular flexibility index (Phi) is 6.20. The molecule has 0 N–H and O–H groups in total. The van der Waals surface area contributed by atoms with E-state index in [1.165, 1.54) is 0 Å². The molecular weight excluding hydrogens is 308 g/mol. The fourth-order valence-electron chi connectivity index (χ4n) is 2.80. The number of hydrogen-bond donors (Lipinski definition) is 0. The van der Waals surface area contributed by atoms with Gasteiger partial charge in [0.25, 0.3) is 0 Å². The molecule has 0 spiro atoms. The molecule has 1 aromatic carbocycles. The normalized spacial score (nSPS) is 15.5. The number of ketones is 1. The van der Waals surface area contributed by atoms with Crippen molar-refractivity contribution in [2.45, 2.75) is 13.8 Å². The van der Waals surface area contributed by atoms with Crippen molar-refractivity contribution in [3.05, 3.63) is 23.8 Å². The molecule has 1 aliphatic rings. The zero-order valence-corrected chi connectivity index (χ0v) is 14.9. The minimum atomic E-state index is 0.0185. The summed E-state index contributed by atoms with van der Waals surface area (Å²) in [5.74, 6) is 1.40. The minimum absolute atomic E-state index is 0.0185. The van der Waals surface area contributed by atoms with Crippen molar-refractivity contribution < 1.29 is 19.1 Å². The molecule has 2 rings (SSSR count). The number of hydrogen-bond acceptors (Lipinski definition) is 5. The third-order valence-corrected chi connectivity index (χ3v) is 4.25. The van der Waals surface area contributed by atoms with Gasteiger partial charge in [0.05, 0.1) is 20.8 Å². The maximum atomic E-state index is 12.5. The number of ether oxygens (including phenoxy) is 2. The average Bonchev–Trinajstić information content (AvgIpc) is 2.60. The monoisotopic (exact) mass is 334 g/mol. The van der Waals surface area contributed by atoms with Crippen LogP contribution >= 0.6 is 0 Å². The first kappa shape index (κ1) is 18.3. The Morgan fingerprint density at radius 2 is 1.67 bits per heavy atom. The number of carbonyl (C=O) groups excluding carboxylic acids is 2. The molecule has 0 bridgehead atoms. The maximum absolute atomic E-state index is 12.5. The highest BCUT2D eigenvalue weighted by molar-refractivity contribution is 5.98. The van der Waals surface area contributed by atoms with E-state index < -0.39 is 0 Å². The van der Waals surface area contributed by atoms with Crippen molar-refractivity contribution in [3.8, 4) is 11.5 Å². The van der Waals surface area contributed by atoms with Crippen LogP contribution in [0.3, 0.4) is 0 Å². The first-order valence-corrected chi connectivity index (χ1v) is 8.22. The molecule has 0 unspecified atom stereocenters. The number of rotatable bonds is 6. The number of methoxy groups -OCH3 is 2. The number of benzene rings is 1. The van der Waals surface area contributed by atoms with Gasteiger partial charge in [-0.1, -0.05) is 13.8 Å². The average molecular weight is 334 g/mol. The molecule has 24 heavy (non-hydrogen) atoms. The zero-order valence-electron chi connectivity index (χ0n) is 14.9. The zero-order chi connectivity index (χ0) is 17.7. The second-order valence-corrected chi connectivity index (χ2v) is 6.25. The van der Waals surface area contributed by atoms with E-state index in [-0.39, 0.29) is 17.6 Å². The Morgan fingerprint density at radius 3 is 2.21 bits per heavy atom. The van der Waals surface area contributed by atoms with Crippen molar-refractivity contribution in [2.24, 2.45) is 5.92 Å². The van der Waals surface area contributed by atoms with E-state index in [2.05, 4.69) is 4.90 Å². The molecule has 1 amide bonds. The van der Waals surface area contributed by atoms with Crippen molar-refractivity contribution >= 4 is 11.7 Å². The number of piperazine rings is 1. The van der Waals surface area contributed by atoms with Crippen LogP contribution in [0.5, 0.6) is 11.5 Å². The van der Waals surface area contributed by atoms with E-state index in [1.54, 1.807) is 32.4 Å². The van der Waals surface area contributed by atoms with Crippen molar-refractivity contribution in [1.29, 1.82) is 0 Å².